The number of hydrogen-bond donors (Lipinski definition) is 1. The summed E-state index contributed by atoms with van der Waals surface area (Å²) in [5, 5.41) is 0. The number of nitrogens with two attached hydrogens (primary N) is 1. The van der Waals surface area contributed by atoms with Crippen LogP contribution in [0.25, 0.3) is 0 Å². The van der Waals surface area contributed by atoms with Crippen LogP contribution >= 0.6 is 0 Å². The van der Waals surface area contributed by atoms with Crippen molar-refractivity contribution in [2.75, 3.05) is 7.11 Å². The fraction of sp³-hybridized carbons (Fsp3) is 0.647. The zero-order valence-electron chi connectivity index (χ0n) is 12.9. The third-order valence-corrected chi connectivity index (χ3v) is 4.60. The standard InChI is InChI=1S/C17H27NO2/c1-12-4-6-16(8-13(12)2)20-11-14-5-7-17(19-3)15(9-14)10-18/h5,7,9,12-13,16H,4,6,8,10-11,18H2,1-3H3. The molecule has 1 aliphatic carbocycles. The van der Waals surface area contributed by atoms with Crippen molar-refractivity contribution in [3.8, 4) is 5.75 Å². The molecule has 3 heteroatoms. The summed E-state index contributed by atoms with van der Waals surface area (Å²) in [4.78, 5) is 0. The Morgan fingerprint density at radius 2 is 2.00 bits per heavy atom. The van der Waals surface area contributed by atoms with Crippen LogP contribution in [-0.2, 0) is 17.9 Å². The Bertz CT molecular complexity index is 433. The van der Waals surface area contributed by atoms with E-state index >= 15 is 0 Å². The lowest BCUT2D eigenvalue weighted by molar-refractivity contribution is -0.00748. The molecule has 0 amide bonds. The van der Waals surface area contributed by atoms with Crippen molar-refractivity contribution in [2.24, 2.45) is 17.6 Å². The van der Waals surface area contributed by atoms with Crippen LogP contribution < -0.4 is 10.5 Å². The van der Waals surface area contributed by atoms with Crippen molar-refractivity contribution < 1.29 is 9.47 Å². The Labute approximate surface area is 122 Å². The van der Waals surface area contributed by atoms with E-state index in [1.165, 1.54) is 24.8 Å². The van der Waals surface area contributed by atoms with Crippen LogP contribution in [0.5, 0.6) is 5.75 Å². The van der Waals surface area contributed by atoms with Gasteiger partial charge in [0.2, 0.25) is 0 Å². The molecule has 20 heavy (non-hydrogen) atoms. The molecule has 0 aliphatic heterocycles. The van der Waals surface area contributed by atoms with Gasteiger partial charge in [0.1, 0.15) is 5.75 Å². The van der Waals surface area contributed by atoms with E-state index in [0.29, 0.717) is 19.3 Å². The maximum Gasteiger partial charge on any atom is 0.123 e. The van der Waals surface area contributed by atoms with Gasteiger partial charge in [-0.1, -0.05) is 19.9 Å². The number of hydrogen-bond acceptors (Lipinski definition) is 3. The quantitative estimate of drug-likeness (QED) is 0.896. The van der Waals surface area contributed by atoms with Gasteiger partial charge in [-0.05, 0) is 48.8 Å². The predicted molar refractivity (Wildman–Crippen MR) is 81.6 cm³/mol. The molecule has 2 N–H and O–H groups in total. The van der Waals surface area contributed by atoms with E-state index in [4.69, 9.17) is 15.2 Å². The van der Waals surface area contributed by atoms with E-state index in [2.05, 4.69) is 26.0 Å². The second-order valence-corrected chi connectivity index (χ2v) is 6.05. The van der Waals surface area contributed by atoms with Gasteiger partial charge in [0.25, 0.3) is 0 Å². The number of ether oxygens (including phenoxy) is 2. The third kappa shape index (κ3) is 3.74. The highest BCUT2D eigenvalue weighted by molar-refractivity contribution is 5.36. The highest BCUT2D eigenvalue weighted by Crippen LogP contribution is 2.31. The summed E-state index contributed by atoms with van der Waals surface area (Å²) in [5.74, 6) is 2.46. The molecule has 0 saturated heterocycles. The van der Waals surface area contributed by atoms with Crippen molar-refractivity contribution in [2.45, 2.75) is 52.4 Å². The molecule has 0 spiro atoms. The van der Waals surface area contributed by atoms with Crippen LogP contribution in [0.2, 0.25) is 0 Å². The first-order chi connectivity index (χ1) is 9.63. The van der Waals surface area contributed by atoms with E-state index < -0.39 is 0 Å². The minimum absolute atomic E-state index is 0.407. The first-order valence-corrected chi connectivity index (χ1v) is 7.61. The van der Waals surface area contributed by atoms with Gasteiger partial charge in [-0.25, -0.2) is 0 Å². The van der Waals surface area contributed by atoms with Gasteiger partial charge < -0.3 is 15.2 Å². The predicted octanol–water partition coefficient (Wildman–Crippen LogP) is 3.50. The average Bonchev–Trinajstić information content (AvgIpc) is 2.48. The average molecular weight is 277 g/mol. The summed E-state index contributed by atoms with van der Waals surface area (Å²) in [6, 6.07) is 6.13. The van der Waals surface area contributed by atoms with Gasteiger partial charge in [-0.15, -0.1) is 0 Å². The molecule has 3 nitrogen and oxygen atoms in total. The highest BCUT2D eigenvalue weighted by atomic mass is 16.5. The smallest absolute Gasteiger partial charge is 0.123 e. The maximum atomic E-state index is 6.08. The Kier molecular flexibility index (Phi) is 5.44. The van der Waals surface area contributed by atoms with Gasteiger partial charge >= 0.3 is 0 Å². The summed E-state index contributed by atoms with van der Waals surface area (Å²) in [5.41, 5.74) is 7.97. The molecule has 1 aromatic carbocycles. The van der Waals surface area contributed by atoms with Crippen LogP contribution in [0.15, 0.2) is 18.2 Å². The van der Waals surface area contributed by atoms with E-state index in [0.717, 1.165) is 23.1 Å². The molecule has 0 radical (unpaired) electrons. The molecular formula is C17H27NO2. The zero-order chi connectivity index (χ0) is 14.5. The molecule has 2 rings (SSSR count). The fourth-order valence-electron chi connectivity index (χ4n) is 2.94. The van der Waals surface area contributed by atoms with E-state index in [9.17, 15) is 0 Å². The van der Waals surface area contributed by atoms with Gasteiger partial charge in [0.05, 0.1) is 19.8 Å². The van der Waals surface area contributed by atoms with Gasteiger partial charge in [0, 0.05) is 12.1 Å². The minimum atomic E-state index is 0.407. The molecule has 1 fully saturated rings. The second-order valence-electron chi connectivity index (χ2n) is 6.05. The van der Waals surface area contributed by atoms with E-state index in [1.54, 1.807) is 7.11 Å². The number of methoxy groups -OCH3 is 1. The second kappa shape index (κ2) is 7.09. The van der Waals surface area contributed by atoms with Gasteiger partial charge in [-0.3, -0.25) is 0 Å². The lowest BCUT2D eigenvalue weighted by atomic mass is 9.80. The molecular weight excluding hydrogens is 250 g/mol. The molecule has 112 valence electrons. The van der Waals surface area contributed by atoms with Crippen LogP contribution in [0.3, 0.4) is 0 Å². The Balaban J connectivity index is 1.91. The highest BCUT2D eigenvalue weighted by Gasteiger charge is 2.24. The molecule has 1 saturated carbocycles. The van der Waals surface area contributed by atoms with Gasteiger partial charge in [-0.2, -0.15) is 0 Å². The summed E-state index contributed by atoms with van der Waals surface area (Å²) >= 11 is 0. The van der Waals surface area contributed by atoms with Crippen molar-refractivity contribution in [3.05, 3.63) is 29.3 Å². The molecule has 0 bridgehead atoms. The van der Waals surface area contributed by atoms with E-state index in [1.807, 2.05) is 6.07 Å². The monoisotopic (exact) mass is 277 g/mol. The summed E-state index contributed by atoms with van der Waals surface area (Å²) in [6.07, 6.45) is 4.05. The van der Waals surface area contributed by atoms with Crippen molar-refractivity contribution in [3.63, 3.8) is 0 Å². The van der Waals surface area contributed by atoms with Crippen LogP contribution in [0, 0.1) is 11.8 Å². The molecule has 3 atom stereocenters. The first-order valence-electron chi connectivity index (χ1n) is 7.61. The summed E-state index contributed by atoms with van der Waals surface area (Å²) in [7, 11) is 1.68. The van der Waals surface area contributed by atoms with Gasteiger partial charge in [0.15, 0.2) is 0 Å². The van der Waals surface area contributed by atoms with Crippen LogP contribution in [0.1, 0.15) is 44.2 Å². The van der Waals surface area contributed by atoms with Crippen LogP contribution in [-0.4, -0.2) is 13.2 Å². The summed E-state index contributed by atoms with van der Waals surface area (Å²) < 4.78 is 11.4. The summed E-state index contributed by atoms with van der Waals surface area (Å²) in [6.45, 7) is 5.84. The number of benzene rings is 1. The van der Waals surface area contributed by atoms with Crippen molar-refractivity contribution in [1.29, 1.82) is 0 Å². The number of rotatable bonds is 5. The molecule has 1 aromatic rings. The normalized spacial score (nSPS) is 26.5. The lowest BCUT2D eigenvalue weighted by Gasteiger charge is -2.32. The SMILES string of the molecule is COc1ccc(COC2CCC(C)C(C)C2)cc1CN. The first kappa shape index (κ1) is 15.3. The van der Waals surface area contributed by atoms with E-state index in [-0.39, 0.29) is 0 Å². The molecule has 1 aliphatic rings. The Morgan fingerprint density at radius 1 is 1.20 bits per heavy atom. The fourth-order valence-corrected chi connectivity index (χ4v) is 2.94. The van der Waals surface area contributed by atoms with Crippen molar-refractivity contribution in [1.82, 2.24) is 0 Å². The molecule has 0 aromatic heterocycles. The Morgan fingerprint density at radius 3 is 2.65 bits per heavy atom. The topological polar surface area (TPSA) is 44.5 Å². The zero-order valence-corrected chi connectivity index (χ0v) is 12.9. The van der Waals surface area contributed by atoms with Crippen LogP contribution in [0.4, 0.5) is 0 Å². The lowest BCUT2D eigenvalue weighted by Crippen LogP contribution is -2.26. The largest absolute Gasteiger partial charge is 0.496 e. The minimum Gasteiger partial charge on any atom is -0.496 e. The molecule has 0 heterocycles. The molecule has 3 unspecified atom stereocenters. The van der Waals surface area contributed by atoms with Crippen molar-refractivity contribution >= 4 is 0 Å². The third-order valence-electron chi connectivity index (χ3n) is 4.60. The Hall–Kier alpha value is -1.06. The maximum absolute atomic E-state index is 6.08.